The highest BCUT2D eigenvalue weighted by atomic mass is 35.5. The molecule has 0 aromatic heterocycles. The molecule has 0 aliphatic carbocycles. The monoisotopic (exact) mass is 498 g/mol. The molecule has 2 aromatic rings. The Morgan fingerprint density at radius 3 is 2.40 bits per heavy atom. The van der Waals surface area contributed by atoms with Crippen molar-refractivity contribution in [2.24, 2.45) is 0 Å². The largest absolute Gasteiger partial charge is 0.872 e. The number of quaternary nitrogens is 1. The summed E-state index contributed by atoms with van der Waals surface area (Å²) in [6.45, 7) is 8.47. The van der Waals surface area contributed by atoms with Gasteiger partial charge in [-0.2, -0.15) is 0 Å². The number of carbonyl (C=O) groups is 2. The van der Waals surface area contributed by atoms with E-state index in [9.17, 15) is 14.7 Å². The number of rotatable bonds is 8. The molecule has 1 amide bonds. The maximum atomic E-state index is 13.5. The molecule has 4 rings (SSSR count). The fourth-order valence-corrected chi connectivity index (χ4v) is 4.74. The van der Waals surface area contributed by atoms with Crippen LogP contribution in [0.3, 0.4) is 0 Å². The third kappa shape index (κ3) is 5.86. The standard InChI is InChI=1S/C27H31ClN2O5/c1-18(2)35-22-10-6-19(7-11-22)24-23(25(31)20-4-8-21(28)9-5-20)26(32)27(33)30(24)13-3-12-29-14-16-34-17-15-29/h4-11,18,24,31H,3,12-17H2,1-2H3. The van der Waals surface area contributed by atoms with Crippen molar-refractivity contribution in [3.63, 3.8) is 0 Å². The molecule has 1 unspecified atom stereocenters. The molecule has 7 nitrogen and oxygen atoms in total. The van der Waals surface area contributed by atoms with Gasteiger partial charge in [0.1, 0.15) is 18.8 Å². The van der Waals surface area contributed by atoms with Crippen LogP contribution in [0.2, 0.25) is 5.02 Å². The maximum absolute atomic E-state index is 13.5. The summed E-state index contributed by atoms with van der Waals surface area (Å²) in [5.41, 5.74) is 1.01. The van der Waals surface area contributed by atoms with Gasteiger partial charge in [-0.3, -0.25) is 9.59 Å². The zero-order valence-electron chi connectivity index (χ0n) is 20.1. The van der Waals surface area contributed by atoms with Gasteiger partial charge in [-0.25, -0.2) is 0 Å². The van der Waals surface area contributed by atoms with Gasteiger partial charge in [0, 0.05) is 23.6 Å². The van der Waals surface area contributed by atoms with Crippen LogP contribution < -0.4 is 14.7 Å². The number of carbonyl (C=O) groups excluding carboxylic acids is 2. The van der Waals surface area contributed by atoms with Crippen molar-refractivity contribution >= 4 is 29.1 Å². The van der Waals surface area contributed by atoms with E-state index >= 15 is 0 Å². The lowest BCUT2D eigenvalue weighted by molar-refractivity contribution is -0.908. The Hall–Kier alpha value is -2.87. The number of hydrogen-bond acceptors (Lipinski definition) is 5. The highest BCUT2D eigenvalue weighted by molar-refractivity contribution is 6.46. The summed E-state index contributed by atoms with van der Waals surface area (Å²) in [4.78, 5) is 29.2. The van der Waals surface area contributed by atoms with E-state index in [0.717, 1.165) is 39.3 Å². The third-order valence-electron chi connectivity index (χ3n) is 6.33. The summed E-state index contributed by atoms with van der Waals surface area (Å²) in [5, 5.41) is 13.9. The first-order chi connectivity index (χ1) is 16.8. The minimum atomic E-state index is -0.744. The molecule has 2 heterocycles. The number of likely N-dealkylation sites (tertiary alicyclic amines) is 1. The minimum absolute atomic E-state index is 0.0169. The third-order valence-corrected chi connectivity index (χ3v) is 6.58. The zero-order chi connectivity index (χ0) is 24.9. The smallest absolute Gasteiger partial charge is 0.295 e. The van der Waals surface area contributed by atoms with Crippen molar-refractivity contribution in [3.8, 4) is 5.75 Å². The van der Waals surface area contributed by atoms with Crippen LogP contribution in [-0.4, -0.2) is 62.1 Å². The number of morpholine rings is 1. The highest BCUT2D eigenvalue weighted by Gasteiger charge is 2.44. The molecule has 0 radical (unpaired) electrons. The van der Waals surface area contributed by atoms with Gasteiger partial charge in [0.05, 0.1) is 31.9 Å². The second-order valence-corrected chi connectivity index (χ2v) is 9.62. The lowest BCUT2D eigenvalue weighted by Gasteiger charge is -2.29. The number of nitrogens with zero attached hydrogens (tertiary/aromatic N) is 1. The van der Waals surface area contributed by atoms with Crippen LogP contribution in [0.5, 0.6) is 5.75 Å². The van der Waals surface area contributed by atoms with Crippen LogP contribution in [0, 0.1) is 0 Å². The number of ketones is 1. The predicted molar refractivity (Wildman–Crippen MR) is 131 cm³/mol. The van der Waals surface area contributed by atoms with Gasteiger partial charge < -0.3 is 24.4 Å². The lowest BCUT2D eigenvalue weighted by Crippen LogP contribution is -3.14. The van der Waals surface area contributed by atoms with E-state index in [2.05, 4.69) is 0 Å². The average Bonchev–Trinajstić information content (AvgIpc) is 3.10. The molecule has 2 aromatic carbocycles. The predicted octanol–water partition coefficient (Wildman–Crippen LogP) is 1.66. The number of benzene rings is 2. The van der Waals surface area contributed by atoms with Gasteiger partial charge in [-0.1, -0.05) is 41.6 Å². The van der Waals surface area contributed by atoms with E-state index in [1.807, 2.05) is 38.1 Å². The molecular weight excluding hydrogens is 468 g/mol. The van der Waals surface area contributed by atoms with E-state index in [4.69, 9.17) is 21.1 Å². The fourth-order valence-electron chi connectivity index (χ4n) is 4.61. The van der Waals surface area contributed by atoms with Gasteiger partial charge in [0.25, 0.3) is 5.91 Å². The molecule has 8 heteroatoms. The number of ether oxygens (including phenoxy) is 2. The fraction of sp³-hybridized carbons (Fsp3) is 0.407. The van der Waals surface area contributed by atoms with Crippen LogP contribution in [0.4, 0.5) is 0 Å². The van der Waals surface area contributed by atoms with Gasteiger partial charge in [-0.15, -0.1) is 0 Å². The first-order valence-electron chi connectivity index (χ1n) is 12.1. The molecule has 35 heavy (non-hydrogen) atoms. The molecule has 1 atom stereocenters. The van der Waals surface area contributed by atoms with E-state index in [1.165, 1.54) is 4.90 Å². The normalized spacial score (nSPS) is 20.6. The molecule has 186 valence electrons. The Kier molecular flexibility index (Phi) is 8.11. The molecule has 0 spiro atoms. The van der Waals surface area contributed by atoms with Crippen LogP contribution in [0.1, 0.15) is 37.4 Å². The number of nitrogens with one attached hydrogen (secondary N) is 1. The van der Waals surface area contributed by atoms with Crippen molar-refractivity contribution in [1.82, 2.24) is 4.90 Å². The van der Waals surface area contributed by atoms with Crippen LogP contribution >= 0.6 is 11.6 Å². The Balaban J connectivity index is 1.66. The summed E-state index contributed by atoms with van der Waals surface area (Å²) in [6, 6.07) is 12.9. The summed E-state index contributed by atoms with van der Waals surface area (Å²) < 4.78 is 11.2. The summed E-state index contributed by atoms with van der Waals surface area (Å²) in [5.74, 6) is -1.13. The number of halogens is 1. The van der Waals surface area contributed by atoms with Crippen molar-refractivity contribution in [1.29, 1.82) is 0 Å². The van der Waals surface area contributed by atoms with E-state index in [0.29, 0.717) is 28.4 Å². The average molecular weight is 499 g/mol. The number of amides is 1. The Morgan fingerprint density at radius 2 is 1.77 bits per heavy atom. The van der Waals surface area contributed by atoms with Gasteiger partial charge in [0.15, 0.2) is 0 Å². The van der Waals surface area contributed by atoms with E-state index in [1.54, 1.807) is 29.2 Å². The van der Waals surface area contributed by atoms with Crippen molar-refractivity contribution in [2.45, 2.75) is 32.4 Å². The molecule has 2 saturated heterocycles. The molecule has 2 aliphatic heterocycles. The van der Waals surface area contributed by atoms with E-state index < -0.39 is 23.5 Å². The topological polar surface area (TPSA) is 83.3 Å². The molecule has 0 bridgehead atoms. The summed E-state index contributed by atoms with van der Waals surface area (Å²) >= 11 is 5.98. The van der Waals surface area contributed by atoms with Crippen molar-refractivity contribution < 1.29 is 29.1 Å². The van der Waals surface area contributed by atoms with E-state index in [-0.39, 0.29) is 11.7 Å². The van der Waals surface area contributed by atoms with Crippen LogP contribution in [0.25, 0.3) is 5.76 Å². The molecule has 2 fully saturated rings. The van der Waals surface area contributed by atoms with Gasteiger partial charge in [-0.05, 0) is 49.2 Å². The van der Waals surface area contributed by atoms with Crippen molar-refractivity contribution in [2.75, 3.05) is 39.4 Å². The Morgan fingerprint density at radius 1 is 1.11 bits per heavy atom. The lowest BCUT2D eigenvalue weighted by atomic mass is 9.95. The van der Waals surface area contributed by atoms with Crippen LogP contribution in [-0.2, 0) is 14.3 Å². The molecule has 0 saturated carbocycles. The molecular formula is C27H31ClN2O5. The first-order valence-corrected chi connectivity index (χ1v) is 12.4. The number of hydrogen-bond donors (Lipinski definition) is 1. The quantitative estimate of drug-likeness (QED) is 0.340. The maximum Gasteiger partial charge on any atom is 0.295 e. The molecule has 1 N–H and O–H groups in total. The molecule has 2 aliphatic rings. The van der Waals surface area contributed by atoms with Gasteiger partial charge in [0.2, 0.25) is 5.78 Å². The minimum Gasteiger partial charge on any atom is -0.872 e. The zero-order valence-corrected chi connectivity index (χ0v) is 20.8. The SMILES string of the molecule is CC(C)Oc1ccc(C2C(=C([O-])c3ccc(Cl)cc3)C(=O)C(=O)N2CCC[NH+]2CCOCC2)cc1. The number of Topliss-reactive ketones (excluding diaryl/α,β-unsaturated/α-hetero) is 1. The second-order valence-electron chi connectivity index (χ2n) is 9.18. The Bertz CT molecular complexity index is 1080. The van der Waals surface area contributed by atoms with Crippen molar-refractivity contribution in [3.05, 3.63) is 70.3 Å². The summed E-state index contributed by atoms with van der Waals surface area (Å²) in [6.07, 6.45) is 0.741. The summed E-state index contributed by atoms with van der Waals surface area (Å²) in [7, 11) is 0. The second kappa shape index (κ2) is 11.2. The first kappa shape index (κ1) is 25.2. The van der Waals surface area contributed by atoms with Crippen LogP contribution in [0.15, 0.2) is 54.1 Å². The highest BCUT2D eigenvalue weighted by Crippen LogP contribution is 2.39. The van der Waals surface area contributed by atoms with Gasteiger partial charge >= 0.3 is 0 Å². The Labute approximate surface area is 210 Å².